The molecule has 1 rings (SSSR count). The molecule has 1 aromatic carbocycles. The van der Waals surface area contributed by atoms with E-state index in [1.54, 1.807) is 0 Å². The molecular weight excluding hydrogens is 182 g/mol. The van der Waals surface area contributed by atoms with Gasteiger partial charge in [-0.3, -0.25) is 0 Å². The number of hydrogen-bond acceptors (Lipinski definition) is 1. The van der Waals surface area contributed by atoms with Crippen LogP contribution in [0.15, 0.2) is 24.3 Å². The highest BCUT2D eigenvalue weighted by molar-refractivity contribution is 5.37. The van der Waals surface area contributed by atoms with Crippen LogP contribution in [0.3, 0.4) is 0 Å². The highest BCUT2D eigenvalue weighted by Crippen LogP contribution is 2.15. The average Bonchev–Trinajstić information content (AvgIpc) is 2.29. The van der Waals surface area contributed by atoms with Gasteiger partial charge in [0.1, 0.15) is 0 Å². The third-order valence-corrected chi connectivity index (χ3v) is 2.98. The number of rotatable bonds is 5. The minimum absolute atomic E-state index is 0.805. The average molecular weight is 201 g/mol. The maximum atomic E-state index is 8.92. The van der Waals surface area contributed by atoms with Gasteiger partial charge in [-0.15, -0.1) is 0 Å². The fourth-order valence-electron chi connectivity index (χ4n) is 1.69. The highest BCUT2D eigenvalue weighted by Gasteiger charge is 2.02. The number of benzene rings is 1. The van der Waals surface area contributed by atoms with E-state index >= 15 is 0 Å². The van der Waals surface area contributed by atoms with Crippen molar-refractivity contribution in [3.05, 3.63) is 35.4 Å². The minimum Gasteiger partial charge on any atom is -0.192 e. The van der Waals surface area contributed by atoms with E-state index in [0.717, 1.165) is 17.9 Å². The van der Waals surface area contributed by atoms with Gasteiger partial charge < -0.3 is 0 Å². The molecule has 0 N–H and O–H groups in total. The molecule has 0 radical (unpaired) electrons. The lowest BCUT2D eigenvalue weighted by atomic mass is 9.97. The van der Waals surface area contributed by atoms with Crippen molar-refractivity contribution in [1.29, 1.82) is 5.26 Å². The Bertz CT molecular complexity index is 335. The van der Waals surface area contributed by atoms with Crippen LogP contribution in [-0.2, 0) is 6.42 Å². The Morgan fingerprint density at radius 2 is 2.07 bits per heavy atom. The Hall–Kier alpha value is -1.29. The Labute approximate surface area is 92.7 Å². The van der Waals surface area contributed by atoms with E-state index in [-0.39, 0.29) is 0 Å². The quantitative estimate of drug-likeness (QED) is 0.708. The molecule has 1 atom stereocenters. The van der Waals surface area contributed by atoms with E-state index < -0.39 is 0 Å². The van der Waals surface area contributed by atoms with E-state index in [9.17, 15) is 0 Å². The summed E-state index contributed by atoms with van der Waals surface area (Å²) in [7, 11) is 0. The van der Waals surface area contributed by atoms with Crippen LogP contribution in [-0.4, -0.2) is 0 Å². The zero-order valence-electron chi connectivity index (χ0n) is 9.66. The van der Waals surface area contributed by atoms with Gasteiger partial charge in [0, 0.05) is 0 Å². The monoisotopic (exact) mass is 201 g/mol. The van der Waals surface area contributed by atoms with Crippen LogP contribution in [0.4, 0.5) is 0 Å². The zero-order chi connectivity index (χ0) is 11.1. The first-order valence-electron chi connectivity index (χ1n) is 5.76. The molecule has 0 bridgehead atoms. The van der Waals surface area contributed by atoms with Gasteiger partial charge >= 0.3 is 0 Å². The zero-order valence-corrected chi connectivity index (χ0v) is 9.66. The number of hydrogen-bond donors (Lipinski definition) is 0. The molecule has 1 nitrogen and oxygen atoms in total. The maximum Gasteiger partial charge on any atom is 0.0994 e. The smallest absolute Gasteiger partial charge is 0.0994 e. The van der Waals surface area contributed by atoms with Gasteiger partial charge in [0.15, 0.2) is 0 Å². The fourth-order valence-corrected chi connectivity index (χ4v) is 1.69. The van der Waals surface area contributed by atoms with Gasteiger partial charge in [0.25, 0.3) is 0 Å². The molecule has 15 heavy (non-hydrogen) atoms. The van der Waals surface area contributed by atoms with Gasteiger partial charge in [0.05, 0.1) is 11.6 Å². The van der Waals surface area contributed by atoms with Crippen molar-refractivity contribution in [2.24, 2.45) is 5.92 Å². The third-order valence-electron chi connectivity index (χ3n) is 2.98. The summed E-state index contributed by atoms with van der Waals surface area (Å²) in [5.41, 5.74) is 2.03. The Morgan fingerprint density at radius 3 is 2.73 bits per heavy atom. The molecule has 80 valence electrons. The molecule has 0 spiro atoms. The normalized spacial score (nSPS) is 12.1. The second-order valence-electron chi connectivity index (χ2n) is 4.17. The number of aryl methyl sites for hydroxylation is 1. The lowest BCUT2D eigenvalue weighted by Gasteiger charge is -2.08. The summed E-state index contributed by atoms with van der Waals surface area (Å²) < 4.78 is 0. The van der Waals surface area contributed by atoms with Gasteiger partial charge in [-0.1, -0.05) is 44.9 Å². The van der Waals surface area contributed by atoms with Gasteiger partial charge in [0.2, 0.25) is 0 Å². The first-order chi connectivity index (χ1) is 7.27. The molecule has 0 aliphatic rings. The van der Waals surface area contributed by atoms with Crippen LogP contribution in [0, 0.1) is 17.2 Å². The molecule has 0 unspecified atom stereocenters. The SMILES string of the molecule is CC[C@@H](C)CCCc1ccccc1C#N. The second-order valence-corrected chi connectivity index (χ2v) is 4.17. The van der Waals surface area contributed by atoms with Gasteiger partial charge in [-0.25, -0.2) is 0 Å². The number of nitriles is 1. The van der Waals surface area contributed by atoms with E-state index in [4.69, 9.17) is 5.26 Å². The Kier molecular flexibility index (Phi) is 4.90. The first-order valence-corrected chi connectivity index (χ1v) is 5.76. The predicted octanol–water partition coefficient (Wildman–Crippen LogP) is 3.93. The van der Waals surface area contributed by atoms with Crippen LogP contribution in [0.2, 0.25) is 0 Å². The molecule has 0 aliphatic carbocycles. The van der Waals surface area contributed by atoms with Crippen LogP contribution in [0.1, 0.15) is 44.2 Å². The van der Waals surface area contributed by atoms with Gasteiger partial charge in [-0.2, -0.15) is 5.26 Å². The van der Waals surface area contributed by atoms with E-state index in [1.165, 1.54) is 24.8 Å². The van der Waals surface area contributed by atoms with Crippen LogP contribution in [0.25, 0.3) is 0 Å². The molecule has 0 heterocycles. The summed E-state index contributed by atoms with van der Waals surface area (Å²) in [5.74, 6) is 0.805. The van der Waals surface area contributed by atoms with Crippen molar-refractivity contribution < 1.29 is 0 Å². The van der Waals surface area contributed by atoms with E-state index in [1.807, 2.05) is 18.2 Å². The van der Waals surface area contributed by atoms with E-state index in [2.05, 4.69) is 26.0 Å². The second kappa shape index (κ2) is 6.24. The molecule has 0 saturated heterocycles. The summed E-state index contributed by atoms with van der Waals surface area (Å²) in [4.78, 5) is 0. The lowest BCUT2D eigenvalue weighted by molar-refractivity contribution is 0.495. The van der Waals surface area contributed by atoms with E-state index in [0.29, 0.717) is 0 Å². The highest BCUT2D eigenvalue weighted by atomic mass is 14.2. The predicted molar refractivity (Wildman–Crippen MR) is 63.6 cm³/mol. The number of nitrogens with zero attached hydrogens (tertiary/aromatic N) is 1. The summed E-state index contributed by atoms with van der Waals surface area (Å²) in [5, 5.41) is 8.92. The summed E-state index contributed by atoms with van der Waals surface area (Å²) >= 11 is 0. The summed E-state index contributed by atoms with van der Waals surface area (Å²) in [6.07, 6.45) is 4.73. The molecule has 0 aliphatic heterocycles. The largest absolute Gasteiger partial charge is 0.192 e. The standard InChI is InChI=1S/C14H19N/c1-3-12(2)7-6-10-13-8-4-5-9-14(13)11-15/h4-5,8-9,12H,3,6-7,10H2,1-2H3/t12-/m1/s1. The maximum absolute atomic E-state index is 8.92. The van der Waals surface area contributed by atoms with Crippen molar-refractivity contribution in [3.8, 4) is 6.07 Å². The molecular formula is C14H19N. The lowest BCUT2D eigenvalue weighted by Crippen LogP contribution is -1.95. The van der Waals surface area contributed by atoms with Crippen molar-refractivity contribution in [2.45, 2.75) is 39.5 Å². The molecule has 1 aromatic rings. The van der Waals surface area contributed by atoms with Crippen molar-refractivity contribution >= 4 is 0 Å². The third kappa shape index (κ3) is 3.75. The van der Waals surface area contributed by atoms with Crippen LogP contribution < -0.4 is 0 Å². The van der Waals surface area contributed by atoms with Crippen LogP contribution >= 0.6 is 0 Å². The summed E-state index contributed by atoms with van der Waals surface area (Å²) in [6, 6.07) is 10.2. The Balaban J connectivity index is 2.47. The summed E-state index contributed by atoms with van der Waals surface area (Å²) in [6.45, 7) is 4.52. The Morgan fingerprint density at radius 1 is 1.33 bits per heavy atom. The molecule has 0 fully saturated rings. The molecule has 0 saturated carbocycles. The molecule has 1 heteroatoms. The minimum atomic E-state index is 0.805. The molecule has 0 amide bonds. The van der Waals surface area contributed by atoms with Gasteiger partial charge in [-0.05, 0) is 30.4 Å². The topological polar surface area (TPSA) is 23.8 Å². The molecule has 0 aromatic heterocycles. The van der Waals surface area contributed by atoms with Crippen molar-refractivity contribution in [3.63, 3.8) is 0 Å². The van der Waals surface area contributed by atoms with Crippen LogP contribution in [0.5, 0.6) is 0 Å². The van der Waals surface area contributed by atoms with Crippen molar-refractivity contribution in [1.82, 2.24) is 0 Å². The van der Waals surface area contributed by atoms with Crippen molar-refractivity contribution in [2.75, 3.05) is 0 Å². The fraction of sp³-hybridized carbons (Fsp3) is 0.500. The first kappa shape index (κ1) is 11.8.